The van der Waals surface area contributed by atoms with Gasteiger partial charge < -0.3 is 9.26 Å². The predicted molar refractivity (Wildman–Crippen MR) is 50.8 cm³/mol. The molecule has 1 aromatic heterocycles. The molecule has 0 aromatic carbocycles. The van der Waals surface area contributed by atoms with Crippen molar-refractivity contribution in [1.82, 2.24) is 10.1 Å². The molecule has 5 heteroatoms. The van der Waals surface area contributed by atoms with Gasteiger partial charge in [0, 0.05) is 7.11 Å². The molecule has 3 atom stereocenters. The molecule has 0 amide bonds. The van der Waals surface area contributed by atoms with Gasteiger partial charge in [-0.05, 0) is 12.8 Å². The summed E-state index contributed by atoms with van der Waals surface area (Å²) in [6.45, 7) is 2.00. The normalized spacial score (nSPS) is 25.9. The second kappa shape index (κ2) is 3.99. The van der Waals surface area contributed by atoms with E-state index in [1.165, 1.54) is 0 Å². The highest BCUT2D eigenvalue weighted by atomic mass is 16.5. The number of hydrogen-bond donors (Lipinski definition) is 0. The van der Waals surface area contributed by atoms with Crippen LogP contribution in [0.1, 0.15) is 43.5 Å². The Morgan fingerprint density at radius 1 is 1.73 bits per heavy atom. The summed E-state index contributed by atoms with van der Waals surface area (Å²) in [5.74, 6) is 1.36. The van der Waals surface area contributed by atoms with Gasteiger partial charge in [-0.15, -0.1) is 0 Å². The van der Waals surface area contributed by atoms with E-state index in [0.29, 0.717) is 11.7 Å². The highest BCUT2D eigenvalue weighted by Crippen LogP contribution is 2.46. The Kier molecular flexibility index (Phi) is 2.69. The average molecular weight is 207 g/mol. The molecule has 1 fully saturated rings. The molecule has 1 heterocycles. The lowest BCUT2D eigenvalue weighted by Crippen LogP contribution is -2.01. The first-order valence-electron chi connectivity index (χ1n) is 5.06. The molecular weight excluding hydrogens is 194 g/mol. The molecule has 1 aliphatic carbocycles. The number of nitriles is 1. The van der Waals surface area contributed by atoms with E-state index in [9.17, 15) is 0 Å². The second-order valence-electron chi connectivity index (χ2n) is 3.70. The Morgan fingerprint density at radius 3 is 3.07 bits per heavy atom. The lowest BCUT2D eigenvalue weighted by Gasteiger charge is -2.05. The van der Waals surface area contributed by atoms with E-state index < -0.39 is 0 Å². The number of rotatable bonds is 4. The van der Waals surface area contributed by atoms with Crippen LogP contribution >= 0.6 is 0 Å². The average Bonchev–Trinajstić information content (AvgIpc) is 2.91. The van der Waals surface area contributed by atoms with Crippen LogP contribution in [0, 0.1) is 17.2 Å². The van der Waals surface area contributed by atoms with Gasteiger partial charge in [-0.1, -0.05) is 12.1 Å². The van der Waals surface area contributed by atoms with Crippen molar-refractivity contribution in [3.63, 3.8) is 0 Å². The molecule has 1 saturated carbocycles. The molecule has 2 rings (SSSR count). The van der Waals surface area contributed by atoms with Gasteiger partial charge in [0.15, 0.2) is 0 Å². The summed E-state index contributed by atoms with van der Waals surface area (Å²) in [5.41, 5.74) is 0. The first kappa shape index (κ1) is 10.1. The zero-order valence-electron chi connectivity index (χ0n) is 8.80. The van der Waals surface area contributed by atoms with E-state index in [1.807, 2.05) is 6.92 Å². The highest BCUT2D eigenvalue weighted by Gasteiger charge is 2.43. The second-order valence-corrected chi connectivity index (χ2v) is 3.70. The summed E-state index contributed by atoms with van der Waals surface area (Å²) in [6.07, 6.45) is 1.53. The fraction of sp³-hybridized carbons (Fsp3) is 0.700. The van der Waals surface area contributed by atoms with E-state index in [1.54, 1.807) is 7.11 Å². The minimum Gasteiger partial charge on any atom is -0.373 e. The van der Waals surface area contributed by atoms with E-state index in [2.05, 4.69) is 16.2 Å². The summed E-state index contributed by atoms with van der Waals surface area (Å²) in [4.78, 5) is 4.26. The van der Waals surface area contributed by atoms with Crippen LogP contribution in [0.15, 0.2) is 4.52 Å². The summed E-state index contributed by atoms with van der Waals surface area (Å²) >= 11 is 0. The third-order valence-electron chi connectivity index (χ3n) is 2.67. The number of aromatic nitrogens is 2. The van der Waals surface area contributed by atoms with E-state index in [-0.39, 0.29) is 17.9 Å². The van der Waals surface area contributed by atoms with Gasteiger partial charge in [-0.25, -0.2) is 0 Å². The quantitative estimate of drug-likeness (QED) is 0.752. The Bertz CT molecular complexity index is 378. The summed E-state index contributed by atoms with van der Waals surface area (Å²) in [7, 11) is 1.62. The third kappa shape index (κ3) is 1.85. The van der Waals surface area contributed by atoms with Crippen LogP contribution in [-0.4, -0.2) is 17.3 Å². The zero-order chi connectivity index (χ0) is 10.8. The number of ether oxygens (including phenoxy) is 1. The molecule has 0 aliphatic heterocycles. The van der Waals surface area contributed by atoms with E-state index >= 15 is 0 Å². The number of hydrogen-bond acceptors (Lipinski definition) is 5. The fourth-order valence-corrected chi connectivity index (χ4v) is 1.59. The first-order chi connectivity index (χ1) is 7.30. The van der Waals surface area contributed by atoms with Crippen molar-refractivity contribution in [3.05, 3.63) is 11.7 Å². The van der Waals surface area contributed by atoms with Gasteiger partial charge in [-0.3, -0.25) is 0 Å². The monoisotopic (exact) mass is 207 g/mol. The molecule has 0 saturated heterocycles. The summed E-state index contributed by atoms with van der Waals surface area (Å²) in [6, 6.07) is 2.19. The molecule has 0 radical (unpaired) electrons. The molecule has 80 valence electrons. The molecule has 0 bridgehead atoms. The van der Waals surface area contributed by atoms with Crippen LogP contribution in [-0.2, 0) is 4.74 Å². The highest BCUT2D eigenvalue weighted by molar-refractivity contribution is 5.15. The van der Waals surface area contributed by atoms with Gasteiger partial charge in [-0.2, -0.15) is 10.2 Å². The van der Waals surface area contributed by atoms with Crippen LogP contribution in [0.25, 0.3) is 0 Å². The van der Waals surface area contributed by atoms with Crippen molar-refractivity contribution in [2.45, 2.75) is 31.8 Å². The largest absolute Gasteiger partial charge is 0.373 e. The maximum atomic E-state index is 8.68. The number of nitrogens with zero attached hydrogens (tertiary/aromatic N) is 3. The lowest BCUT2D eigenvalue weighted by atomic mass is 10.2. The molecule has 15 heavy (non-hydrogen) atoms. The van der Waals surface area contributed by atoms with Crippen LogP contribution in [0.3, 0.4) is 0 Å². The van der Waals surface area contributed by atoms with Gasteiger partial charge in [0.2, 0.25) is 11.7 Å². The van der Waals surface area contributed by atoms with Crippen LogP contribution < -0.4 is 0 Å². The predicted octanol–water partition coefficient (Wildman–Crippen LogP) is 1.79. The Hall–Kier alpha value is -1.41. The Labute approximate surface area is 88.0 Å². The Balaban J connectivity index is 2.08. The van der Waals surface area contributed by atoms with Gasteiger partial charge in [0.25, 0.3) is 0 Å². The van der Waals surface area contributed by atoms with Crippen molar-refractivity contribution in [3.8, 4) is 6.07 Å². The first-order valence-corrected chi connectivity index (χ1v) is 5.06. The molecule has 1 aliphatic rings. The molecule has 0 spiro atoms. The van der Waals surface area contributed by atoms with Crippen molar-refractivity contribution in [2.75, 3.05) is 7.11 Å². The van der Waals surface area contributed by atoms with E-state index in [4.69, 9.17) is 14.5 Å². The minimum absolute atomic E-state index is 0.0564. The topological polar surface area (TPSA) is 71.9 Å². The SMILES string of the molecule is CCC(OC)c1noc(C2CC2C#N)n1. The third-order valence-corrected chi connectivity index (χ3v) is 2.67. The Morgan fingerprint density at radius 2 is 2.53 bits per heavy atom. The zero-order valence-corrected chi connectivity index (χ0v) is 8.80. The van der Waals surface area contributed by atoms with Crippen molar-refractivity contribution >= 4 is 0 Å². The van der Waals surface area contributed by atoms with Crippen molar-refractivity contribution in [1.29, 1.82) is 5.26 Å². The minimum atomic E-state index is -0.109. The van der Waals surface area contributed by atoms with Gasteiger partial charge in [0.05, 0.1) is 17.9 Å². The van der Waals surface area contributed by atoms with E-state index in [0.717, 1.165) is 12.8 Å². The smallest absolute Gasteiger partial charge is 0.231 e. The number of methoxy groups -OCH3 is 1. The summed E-state index contributed by atoms with van der Waals surface area (Å²) in [5, 5.41) is 12.5. The van der Waals surface area contributed by atoms with Gasteiger partial charge in [0.1, 0.15) is 6.10 Å². The van der Waals surface area contributed by atoms with Gasteiger partial charge >= 0.3 is 0 Å². The standard InChI is InChI=1S/C10H13N3O2/c1-3-8(14-2)9-12-10(15-13-9)7-4-6(7)5-11/h6-8H,3-4H2,1-2H3. The fourth-order valence-electron chi connectivity index (χ4n) is 1.59. The molecule has 3 unspecified atom stereocenters. The molecule has 1 aromatic rings. The lowest BCUT2D eigenvalue weighted by molar-refractivity contribution is 0.0903. The molecular formula is C10H13N3O2. The van der Waals surface area contributed by atoms with Crippen LogP contribution in [0.2, 0.25) is 0 Å². The van der Waals surface area contributed by atoms with Crippen LogP contribution in [0.4, 0.5) is 0 Å². The summed E-state index contributed by atoms with van der Waals surface area (Å²) < 4.78 is 10.3. The molecule has 5 nitrogen and oxygen atoms in total. The maximum Gasteiger partial charge on any atom is 0.231 e. The van der Waals surface area contributed by atoms with Crippen molar-refractivity contribution < 1.29 is 9.26 Å². The molecule has 0 N–H and O–H groups in total. The van der Waals surface area contributed by atoms with Crippen molar-refractivity contribution in [2.24, 2.45) is 5.92 Å². The maximum absolute atomic E-state index is 8.68. The van der Waals surface area contributed by atoms with Crippen LogP contribution in [0.5, 0.6) is 0 Å².